The number of urea groups is 1. The molecule has 136 valence electrons. The Morgan fingerprint density at radius 3 is 2.56 bits per heavy atom. The van der Waals surface area contributed by atoms with Crippen LogP contribution in [0.25, 0.3) is 0 Å². The largest absolute Gasteiger partial charge is 0.392 e. The Bertz CT molecular complexity index is 604. The summed E-state index contributed by atoms with van der Waals surface area (Å²) in [6, 6.07) is 7.99. The van der Waals surface area contributed by atoms with Crippen LogP contribution >= 0.6 is 0 Å². The second-order valence-corrected chi connectivity index (χ2v) is 7.47. The molecular weight excluding hydrogens is 318 g/mol. The number of nitrogens with zero attached hydrogens (tertiary/aromatic N) is 2. The van der Waals surface area contributed by atoms with Crippen LogP contribution in [-0.4, -0.2) is 66.4 Å². The van der Waals surface area contributed by atoms with Crippen LogP contribution in [0.2, 0.25) is 0 Å². The van der Waals surface area contributed by atoms with Crippen LogP contribution in [0.15, 0.2) is 24.3 Å². The Kier molecular flexibility index (Phi) is 4.92. The number of morpholine rings is 1. The minimum absolute atomic E-state index is 0.0433. The molecule has 3 atom stereocenters. The SMILES string of the molecule is O=C(Nc1ccccc1CN1CCOCC1)N1C[C@H]2CC[C@@H](C1)C2O. The van der Waals surface area contributed by atoms with Crippen LogP contribution in [0.4, 0.5) is 10.5 Å². The van der Waals surface area contributed by atoms with Crippen molar-refractivity contribution < 1.29 is 14.6 Å². The predicted molar refractivity (Wildman–Crippen MR) is 95.4 cm³/mol. The van der Waals surface area contributed by atoms with Crippen LogP contribution in [0.1, 0.15) is 18.4 Å². The number of aliphatic hydroxyl groups excluding tert-OH is 1. The maximum absolute atomic E-state index is 12.7. The first-order valence-electron chi connectivity index (χ1n) is 9.32. The van der Waals surface area contributed by atoms with E-state index in [0.717, 1.165) is 56.9 Å². The topological polar surface area (TPSA) is 65.0 Å². The molecule has 2 aliphatic heterocycles. The summed E-state index contributed by atoms with van der Waals surface area (Å²) < 4.78 is 5.41. The fourth-order valence-electron chi connectivity index (χ4n) is 4.33. The number of carbonyl (C=O) groups is 1. The Labute approximate surface area is 148 Å². The van der Waals surface area contributed by atoms with E-state index < -0.39 is 0 Å². The third-order valence-electron chi connectivity index (χ3n) is 5.83. The van der Waals surface area contributed by atoms with Gasteiger partial charge < -0.3 is 20.1 Å². The molecule has 6 heteroatoms. The number of ether oxygens (including phenoxy) is 1. The monoisotopic (exact) mass is 345 g/mol. The van der Waals surface area contributed by atoms with E-state index in [1.54, 1.807) is 0 Å². The van der Waals surface area contributed by atoms with Crippen molar-refractivity contribution in [2.75, 3.05) is 44.7 Å². The average molecular weight is 345 g/mol. The van der Waals surface area contributed by atoms with Crippen molar-refractivity contribution in [3.8, 4) is 0 Å². The maximum atomic E-state index is 12.7. The zero-order valence-corrected chi connectivity index (χ0v) is 14.6. The lowest BCUT2D eigenvalue weighted by atomic mass is 9.95. The summed E-state index contributed by atoms with van der Waals surface area (Å²) in [4.78, 5) is 17.0. The lowest BCUT2D eigenvalue weighted by Crippen LogP contribution is -2.48. The van der Waals surface area contributed by atoms with Gasteiger partial charge in [0.15, 0.2) is 0 Å². The molecule has 2 N–H and O–H groups in total. The number of amides is 2. The Balaban J connectivity index is 1.41. The van der Waals surface area contributed by atoms with Crippen molar-refractivity contribution in [2.24, 2.45) is 11.8 Å². The molecule has 2 heterocycles. The Hall–Kier alpha value is -1.63. The Morgan fingerprint density at radius 2 is 1.84 bits per heavy atom. The van der Waals surface area contributed by atoms with Gasteiger partial charge in [0.05, 0.1) is 19.3 Å². The summed E-state index contributed by atoms with van der Waals surface area (Å²) in [7, 11) is 0. The first-order valence-corrected chi connectivity index (χ1v) is 9.32. The molecule has 3 fully saturated rings. The summed E-state index contributed by atoms with van der Waals surface area (Å²) in [6.07, 6.45) is 1.84. The second kappa shape index (κ2) is 7.32. The molecule has 6 nitrogen and oxygen atoms in total. The molecule has 1 aromatic rings. The first-order chi connectivity index (χ1) is 12.2. The third kappa shape index (κ3) is 3.66. The second-order valence-electron chi connectivity index (χ2n) is 7.47. The van der Waals surface area contributed by atoms with Crippen molar-refractivity contribution in [3.63, 3.8) is 0 Å². The van der Waals surface area contributed by atoms with E-state index in [9.17, 15) is 9.90 Å². The number of nitrogens with one attached hydrogen (secondary N) is 1. The molecule has 2 amide bonds. The number of hydrogen-bond acceptors (Lipinski definition) is 4. The number of piperidine rings is 1. The number of anilines is 1. The molecule has 2 bridgehead atoms. The summed E-state index contributed by atoms with van der Waals surface area (Å²) in [5.74, 6) is 0.487. The van der Waals surface area contributed by atoms with Gasteiger partial charge in [-0.1, -0.05) is 18.2 Å². The number of fused-ring (bicyclic) bond motifs is 2. The molecule has 0 spiro atoms. The van der Waals surface area contributed by atoms with Gasteiger partial charge in [-0.15, -0.1) is 0 Å². The van der Waals surface area contributed by atoms with Gasteiger partial charge in [0.2, 0.25) is 0 Å². The van der Waals surface area contributed by atoms with Crippen molar-refractivity contribution in [2.45, 2.75) is 25.5 Å². The van der Waals surface area contributed by atoms with E-state index in [4.69, 9.17) is 4.74 Å². The standard InChI is InChI=1S/C19H27N3O3/c23-18-15-5-6-16(18)13-22(12-15)19(24)20-17-4-2-1-3-14(17)11-21-7-9-25-10-8-21/h1-4,15-16,18,23H,5-13H2,(H,20,24)/t15-,16+,18?. The van der Waals surface area contributed by atoms with Gasteiger partial charge in [-0.05, 0) is 24.5 Å². The lowest BCUT2D eigenvalue weighted by Gasteiger charge is -2.35. The summed E-state index contributed by atoms with van der Waals surface area (Å²) in [5.41, 5.74) is 2.02. The highest BCUT2D eigenvalue weighted by molar-refractivity contribution is 5.90. The first kappa shape index (κ1) is 16.8. The minimum atomic E-state index is -0.224. The highest BCUT2D eigenvalue weighted by atomic mass is 16.5. The third-order valence-corrected chi connectivity index (χ3v) is 5.83. The number of likely N-dealkylation sites (tertiary alicyclic amines) is 1. The average Bonchev–Trinajstić information content (AvgIpc) is 2.85. The van der Waals surface area contributed by atoms with E-state index in [2.05, 4.69) is 16.3 Å². The van der Waals surface area contributed by atoms with E-state index >= 15 is 0 Å². The fourth-order valence-corrected chi connectivity index (χ4v) is 4.33. The van der Waals surface area contributed by atoms with Gasteiger partial charge in [0.1, 0.15) is 0 Å². The van der Waals surface area contributed by atoms with Crippen molar-refractivity contribution in [3.05, 3.63) is 29.8 Å². The quantitative estimate of drug-likeness (QED) is 0.876. The number of carbonyl (C=O) groups excluding carboxylic acids is 1. The van der Waals surface area contributed by atoms with E-state index in [-0.39, 0.29) is 24.0 Å². The van der Waals surface area contributed by atoms with Crippen LogP contribution in [0.5, 0.6) is 0 Å². The van der Waals surface area contributed by atoms with Gasteiger partial charge in [0.25, 0.3) is 0 Å². The molecular formula is C19H27N3O3. The molecule has 25 heavy (non-hydrogen) atoms. The molecule has 0 aromatic heterocycles. The molecule has 1 aromatic carbocycles. The summed E-state index contributed by atoms with van der Waals surface area (Å²) in [6.45, 7) is 5.54. The van der Waals surface area contributed by atoms with Crippen molar-refractivity contribution in [1.29, 1.82) is 0 Å². The van der Waals surface area contributed by atoms with Crippen molar-refractivity contribution in [1.82, 2.24) is 9.80 Å². The molecule has 2 saturated heterocycles. The van der Waals surface area contributed by atoms with Gasteiger partial charge in [0, 0.05) is 50.2 Å². The van der Waals surface area contributed by atoms with Crippen LogP contribution in [0.3, 0.4) is 0 Å². The molecule has 4 rings (SSSR count). The number of rotatable bonds is 3. The smallest absolute Gasteiger partial charge is 0.321 e. The summed E-state index contributed by atoms with van der Waals surface area (Å²) in [5, 5.41) is 13.3. The lowest BCUT2D eigenvalue weighted by molar-refractivity contribution is 0.0324. The highest BCUT2D eigenvalue weighted by Gasteiger charge is 2.42. The number of benzene rings is 1. The fraction of sp³-hybridized carbons (Fsp3) is 0.632. The van der Waals surface area contributed by atoms with Crippen LogP contribution < -0.4 is 5.32 Å². The Morgan fingerprint density at radius 1 is 1.16 bits per heavy atom. The number of aliphatic hydroxyl groups is 1. The highest BCUT2D eigenvalue weighted by Crippen LogP contribution is 2.37. The van der Waals surface area contributed by atoms with Crippen molar-refractivity contribution >= 4 is 11.7 Å². The number of hydrogen-bond donors (Lipinski definition) is 2. The van der Waals surface area contributed by atoms with E-state index in [1.165, 1.54) is 0 Å². The molecule has 3 aliphatic rings. The normalized spacial score (nSPS) is 29.6. The zero-order chi connectivity index (χ0) is 17.2. The zero-order valence-electron chi connectivity index (χ0n) is 14.6. The van der Waals surface area contributed by atoms with Gasteiger partial charge >= 0.3 is 6.03 Å². The molecule has 1 aliphatic carbocycles. The van der Waals surface area contributed by atoms with Crippen LogP contribution in [0, 0.1) is 11.8 Å². The molecule has 1 saturated carbocycles. The van der Waals surface area contributed by atoms with Gasteiger partial charge in [-0.2, -0.15) is 0 Å². The summed E-state index contributed by atoms with van der Waals surface area (Å²) >= 11 is 0. The minimum Gasteiger partial charge on any atom is -0.392 e. The predicted octanol–water partition coefficient (Wildman–Crippen LogP) is 1.75. The van der Waals surface area contributed by atoms with Crippen LogP contribution in [-0.2, 0) is 11.3 Å². The van der Waals surface area contributed by atoms with E-state index in [0.29, 0.717) is 13.1 Å². The number of para-hydroxylation sites is 1. The maximum Gasteiger partial charge on any atom is 0.321 e. The molecule has 1 unspecified atom stereocenters. The van der Waals surface area contributed by atoms with Gasteiger partial charge in [-0.25, -0.2) is 4.79 Å². The molecule has 0 radical (unpaired) electrons. The van der Waals surface area contributed by atoms with Gasteiger partial charge in [-0.3, -0.25) is 4.90 Å². The van der Waals surface area contributed by atoms with E-state index in [1.807, 2.05) is 23.1 Å².